The van der Waals surface area contributed by atoms with Gasteiger partial charge in [-0.25, -0.2) is 0 Å². The highest BCUT2D eigenvalue weighted by Gasteiger charge is 2.11. The number of carbonyl (C=O) groups is 1. The van der Waals surface area contributed by atoms with Gasteiger partial charge in [-0.2, -0.15) is 15.4 Å². The zero-order chi connectivity index (χ0) is 13.7. The molecule has 2 aromatic rings. The minimum atomic E-state index is -0.279. The second kappa shape index (κ2) is 6.33. The number of amides is 1. The Morgan fingerprint density at radius 1 is 1.58 bits per heavy atom. The lowest BCUT2D eigenvalue weighted by atomic mass is 10.3. The molecule has 0 aliphatic heterocycles. The molecule has 7 heteroatoms. The van der Waals surface area contributed by atoms with Crippen molar-refractivity contribution in [1.29, 1.82) is 0 Å². The van der Waals surface area contributed by atoms with Crippen molar-refractivity contribution in [2.45, 2.75) is 13.0 Å². The van der Waals surface area contributed by atoms with Gasteiger partial charge in [-0.1, -0.05) is 22.0 Å². The van der Waals surface area contributed by atoms with E-state index in [0.29, 0.717) is 6.54 Å². The largest absolute Gasteiger partial charge is 0.489 e. The van der Waals surface area contributed by atoms with Crippen LogP contribution in [0.5, 0.6) is 5.75 Å². The average Bonchev–Trinajstić information content (AvgIpc) is 2.90. The molecule has 1 atom stereocenters. The van der Waals surface area contributed by atoms with Crippen molar-refractivity contribution in [2.75, 3.05) is 6.54 Å². The first-order valence-electron chi connectivity index (χ1n) is 5.71. The number of aromatic amines is 1. The molecule has 0 radical (unpaired) electrons. The Bertz CT molecular complexity index is 544. The summed E-state index contributed by atoms with van der Waals surface area (Å²) in [6.07, 6.45) is 1.22. The van der Waals surface area contributed by atoms with Crippen LogP contribution < -0.4 is 10.1 Å². The molecule has 2 rings (SSSR count). The van der Waals surface area contributed by atoms with Crippen LogP contribution in [-0.4, -0.2) is 34.0 Å². The Morgan fingerprint density at radius 3 is 3.11 bits per heavy atom. The van der Waals surface area contributed by atoms with E-state index in [4.69, 9.17) is 4.74 Å². The first kappa shape index (κ1) is 13.5. The highest BCUT2D eigenvalue weighted by Crippen LogP contribution is 2.18. The summed E-state index contributed by atoms with van der Waals surface area (Å²) in [5.74, 6) is 0.469. The van der Waals surface area contributed by atoms with E-state index in [1.807, 2.05) is 31.2 Å². The molecule has 1 unspecified atom stereocenters. The molecule has 1 aromatic heterocycles. The Balaban J connectivity index is 1.82. The summed E-state index contributed by atoms with van der Waals surface area (Å²) in [6.45, 7) is 2.27. The van der Waals surface area contributed by atoms with Crippen molar-refractivity contribution in [3.8, 4) is 5.75 Å². The van der Waals surface area contributed by atoms with Gasteiger partial charge in [0.2, 0.25) is 0 Å². The number of ether oxygens (including phenoxy) is 1. The highest BCUT2D eigenvalue weighted by molar-refractivity contribution is 9.10. The quantitative estimate of drug-likeness (QED) is 0.878. The predicted molar refractivity (Wildman–Crippen MR) is 72.9 cm³/mol. The smallest absolute Gasteiger partial charge is 0.273 e. The third kappa shape index (κ3) is 4.06. The zero-order valence-electron chi connectivity index (χ0n) is 10.3. The topological polar surface area (TPSA) is 79.9 Å². The average molecular weight is 325 g/mol. The van der Waals surface area contributed by atoms with E-state index in [0.717, 1.165) is 10.2 Å². The molecule has 1 amide bonds. The van der Waals surface area contributed by atoms with Crippen LogP contribution in [0.15, 0.2) is 34.9 Å². The normalized spacial score (nSPS) is 11.9. The van der Waals surface area contributed by atoms with Crippen LogP contribution in [0.4, 0.5) is 0 Å². The maximum atomic E-state index is 11.6. The number of benzene rings is 1. The molecule has 6 nitrogen and oxygen atoms in total. The number of halogens is 1. The molecule has 19 heavy (non-hydrogen) atoms. The fourth-order valence-electron chi connectivity index (χ4n) is 1.45. The van der Waals surface area contributed by atoms with Gasteiger partial charge in [0.25, 0.3) is 5.91 Å². The number of aromatic nitrogens is 3. The molecule has 1 heterocycles. The van der Waals surface area contributed by atoms with Crippen LogP contribution in [0.1, 0.15) is 17.4 Å². The first-order chi connectivity index (χ1) is 9.15. The molecule has 100 valence electrons. The van der Waals surface area contributed by atoms with Crippen LogP contribution in [-0.2, 0) is 0 Å². The molecular formula is C12H13BrN4O2. The summed E-state index contributed by atoms with van der Waals surface area (Å²) in [5, 5.41) is 12.4. The number of carbonyl (C=O) groups excluding carboxylic acids is 1. The third-order valence-electron chi connectivity index (χ3n) is 2.33. The maximum Gasteiger partial charge on any atom is 0.273 e. The maximum absolute atomic E-state index is 11.6. The van der Waals surface area contributed by atoms with Gasteiger partial charge >= 0.3 is 0 Å². The second-order valence-electron chi connectivity index (χ2n) is 3.95. The molecule has 0 aliphatic carbocycles. The van der Waals surface area contributed by atoms with Gasteiger partial charge < -0.3 is 10.1 Å². The van der Waals surface area contributed by atoms with E-state index in [1.165, 1.54) is 6.20 Å². The molecule has 1 aromatic carbocycles. The van der Waals surface area contributed by atoms with Crippen molar-refractivity contribution in [1.82, 2.24) is 20.7 Å². The van der Waals surface area contributed by atoms with E-state index in [9.17, 15) is 4.79 Å². The molecule has 0 spiro atoms. The van der Waals surface area contributed by atoms with Gasteiger partial charge in [0.05, 0.1) is 12.7 Å². The van der Waals surface area contributed by atoms with Crippen LogP contribution in [0.2, 0.25) is 0 Å². The van der Waals surface area contributed by atoms with E-state index in [-0.39, 0.29) is 17.7 Å². The van der Waals surface area contributed by atoms with Gasteiger partial charge in [0.1, 0.15) is 11.9 Å². The summed E-state index contributed by atoms with van der Waals surface area (Å²) in [6, 6.07) is 7.54. The highest BCUT2D eigenvalue weighted by atomic mass is 79.9. The summed E-state index contributed by atoms with van der Waals surface area (Å²) < 4.78 is 6.62. The van der Waals surface area contributed by atoms with E-state index >= 15 is 0 Å². The van der Waals surface area contributed by atoms with Crippen molar-refractivity contribution in [3.05, 3.63) is 40.6 Å². The van der Waals surface area contributed by atoms with Crippen LogP contribution >= 0.6 is 15.9 Å². The lowest BCUT2D eigenvalue weighted by Crippen LogP contribution is -2.33. The van der Waals surface area contributed by atoms with Crippen molar-refractivity contribution in [2.24, 2.45) is 0 Å². The van der Waals surface area contributed by atoms with Crippen molar-refractivity contribution < 1.29 is 9.53 Å². The van der Waals surface area contributed by atoms with E-state index in [2.05, 4.69) is 36.7 Å². The third-order valence-corrected chi connectivity index (χ3v) is 2.82. The van der Waals surface area contributed by atoms with Gasteiger partial charge in [0, 0.05) is 4.47 Å². The van der Waals surface area contributed by atoms with Gasteiger partial charge in [-0.05, 0) is 25.1 Å². The van der Waals surface area contributed by atoms with Gasteiger partial charge in [-0.15, -0.1) is 0 Å². The second-order valence-corrected chi connectivity index (χ2v) is 4.87. The summed E-state index contributed by atoms with van der Waals surface area (Å²) in [7, 11) is 0. The predicted octanol–water partition coefficient (Wildman–Crippen LogP) is 1.76. The number of rotatable bonds is 5. The first-order valence-corrected chi connectivity index (χ1v) is 6.50. The van der Waals surface area contributed by atoms with Crippen LogP contribution in [0.3, 0.4) is 0 Å². The number of H-pyrrole nitrogens is 1. The summed E-state index contributed by atoms with van der Waals surface area (Å²) in [5.41, 5.74) is 0.259. The number of nitrogens with zero attached hydrogens (tertiary/aromatic N) is 2. The molecular weight excluding hydrogens is 312 g/mol. The van der Waals surface area contributed by atoms with Gasteiger partial charge in [0.15, 0.2) is 5.69 Å². The number of nitrogens with one attached hydrogen (secondary N) is 2. The molecule has 0 bridgehead atoms. The van der Waals surface area contributed by atoms with Crippen LogP contribution in [0, 0.1) is 0 Å². The van der Waals surface area contributed by atoms with Gasteiger partial charge in [-0.3, -0.25) is 4.79 Å². The Morgan fingerprint density at radius 2 is 2.42 bits per heavy atom. The minimum Gasteiger partial charge on any atom is -0.489 e. The SMILES string of the molecule is CC(CNC(=O)c1cn[nH]n1)Oc1cccc(Br)c1. The van der Waals surface area contributed by atoms with E-state index < -0.39 is 0 Å². The standard InChI is InChI=1S/C12H13BrN4O2/c1-8(19-10-4-2-3-9(13)5-10)6-14-12(18)11-7-15-17-16-11/h2-5,7-8H,6H2,1H3,(H,14,18)(H,15,16,17). The zero-order valence-corrected chi connectivity index (χ0v) is 11.8. The lowest BCUT2D eigenvalue weighted by molar-refractivity contribution is 0.0927. The Labute approximate surface area is 118 Å². The number of hydrogen-bond acceptors (Lipinski definition) is 4. The van der Waals surface area contributed by atoms with E-state index in [1.54, 1.807) is 0 Å². The molecule has 0 aliphatic rings. The van der Waals surface area contributed by atoms with Crippen LogP contribution in [0.25, 0.3) is 0 Å². The molecule has 0 fully saturated rings. The van der Waals surface area contributed by atoms with Crippen molar-refractivity contribution in [3.63, 3.8) is 0 Å². The number of hydrogen-bond donors (Lipinski definition) is 2. The Kier molecular flexibility index (Phi) is 4.51. The molecule has 0 saturated heterocycles. The van der Waals surface area contributed by atoms with Crippen molar-refractivity contribution >= 4 is 21.8 Å². The molecule has 2 N–H and O–H groups in total. The minimum absolute atomic E-state index is 0.148. The fraction of sp³-hybridized carbons (Fsp3) is 0.250. The summed E-state index contributed by atoms with van der Waals surface area (Å²) in [4.78, 5) is 11.6. The summed E-state index contributed by atoms with van der Waals surface area (Å²) >= 11 is 3.37. The fourth-order valence-corrected chi connectivity index (χ4v) is 1.83. The lowest BCUT2D eigenvalue weighted by Gasteiger charge is -2.15. The monoisotopic (exact) mass is 324 g/mol. The Hall–Kier alpha value is -1.89. The molecule has 0 saturated carbocycles.